The van der Waals surface area contributed by atoms with Gasteiger partial charge in [0.25, 0.3) is 5.56 Å². The van der Waals surface area contributed by atoms with Gasteiger partial charge in [0.1, 0.15) is 0 Å². The van der Waals surface area contributed by atoms with Crippen molar-refractivity contribution in [3.8, 4) is 0 Å². The Morgan fingerprint density at radius 1 is 1.07 bits per heavy atom. The van der Waals surface area contributed by atoms with E-state index in [0.717, 1.165) is 24.6 Å². The Hall–Kier alpha value is -2.83. The molecule has 3 heterocycles. The zero-order chi connectivity index (χ0) is 20.9. The molecule has 7 nitrogen and oxygen atoms in total. The summed E-state index contributed by atoms with van der Waals surface area (Å²) in [4.78, 5) is 32.6. The van der Waals surface area contributed by atoms with Gasteiger partial charge in [0.2, 0.25) is 5.95 Å². The highest BCUT2D eigenvalue weighted by molar-refractivity contribution is 5.75. The lowest BCUT2D eigenvalue weighted by Crippen LogP contribution is -2.40. The number of nitrogens with zero attached hydrogens (tertiary/aromatic N) is 5. The van der Waals surface area contributed by atoms with E-state index >= 15 is 0 Å². The van der Waals surface area contributed by atoms with Crippen LogP contribution in [0.5, 0.6) is 0 Å². The molecule has 0 aliphatic carbocycles. The van der Waals surface area contributed by atoms with Crippen LogP contribution in [0.25, 0.3) is 11.2 Å². The third-order valence-corrected chi connectivity index (χ3v) is 5.90. The summed E-state index contributed by atoms with van der Waals surface area (Å²) < 4.78 is 4.64. The summed E-state index contributed by atoms with van der Waals surface area (Å²) >= 11 is 0. The van der Waals surface area contributed by atoms with Gasteiger partial charge in [0.15, 0.2) is 11.2 Å². The second kappa shape index (κ2) is 7.21. The standard InChI is InChI=1S/C22H29N5O2/c1-14-7-6-8-17(10-14)13-27-18-19(24(4)22(29)25(5)20(18)28)23-21(27)26-11-15(2)9-16(3)12-26/h6-8,10,15-16H,9,11-13H2,1-5H3/t15-,16-/m0/s1. The predicted octanol–water partition coefficient (Wildman–Crippen LogP) is 2.27. The molecule has 0 bridgehead atoms. The van der Waals surface area contributed by atoms with Crippen LogP contribution in [0, 0.1) is 18.8 Å². The Labute approximate surface area is 170 Å². The van der Waals surface area contributed by atoms with Gasteiger partial charge in [-0.1, -0.05) is 43.7 Å². The average molecular weight is 396 g/mol. The summed E-state index contributed by atoms with van der Waals surface area (Å²) in [5.74, 6) is 1.88. The third-order valence-electron chi connectivity index (χ3n) is 5.90. The van der Waals surface area contributed by atoms with Crippen molar-refractivity contribution in [3.05, 3.63) is 56.2 Å². The summed E-state index contributed by atoms with van der Waals surface area (Å²) in [6, 6.07) is 8.29. The van der Waals surface area contributed by atoms with E-state index in [1.54, 1.807) is 7.05 Å². The summed E-state index contributed by atoms with van der Waals surface area (Å²) in [7, 11) is 3.21. The first-order chi connectivity index (χ1) is 13.8. The minimum absolute atomic E-state index is 0.299. The van der Waals surface area contributed by atoms with Crippen LogP contribution in [0.15, 0.2) is 33.9 Å². The third kappa shape index (κ3) is 3.39. The lowest BCUT2D eigenvalue weighted by molar-refractivity contribution is 0.352. The lowest BCUT2D eigenvalue weighted by Gasteiger charge is -2.35. The molecule has 0 saturated carbocycles. The van der Waals surface area contributed by atoms with Crippen LogP contribution in [0.3, 0.4) is 0 Å². The largest absolute Gasteiger partial charge is 0.342 e. The first-order valence-electron chi connectivity index (χ1n) is 10.2. The smallest absolute Gasteiger partial charge is 0.332 e. The number of piperidine rings is 1. The fourth-order valence-corrected chi connectivity index (χ4v) is 4.65. The van der Waals surface area contributed by atoms with Gasteiger partial charge in [-0.25, -0.2) is 4.79 Å². The predicted molar refractivity (Wildman–Crippen MR) is 116 cm³/mol. The number of fused-ring (bicyclic) bond motifs is 1. The normalized spacial score (nSPS) is 19.8. The molecule has 1 fully saturated rings. The van der Waals surface area contributed by atoms with E-state index in [9.17, 15) is 9.59 Å². The Balaban J connectivity index is 1.96. The van der Waals surface area contributed by atoms with Gasteiger partial charge in [0, 0.05) is 27.2 Å². The van der Waals surface area contributed by atoms with Crippen molar-refractivity contribution in [2.24, 2.45) is 25.9 Å². The molecule has 2 aromatic heterocycles. The first-order valence-corrected chi connectivity index (χ1v) is 10.2. The maximum absolute atomic E-state index is 13.1. The molecule has 0 unspecified atom stereocenters. The first kappa shape index (κ1) is 19.5. The van der Waals surface area contributed by atoms with E-state index in [1.165, 1.54) is 28.2 Å². The molecule has 1 aromatic carbocycles. The fraction of sp³-hybridized carbons (Fsp3) is 0.500. The minimum Gasteiger partial charge on any atom is -0.342 e. The molecule has 3 aromatic rings. The van der Waals surface area contributed by atoms with E-state index in [0.29, 0.717) is 29.5 Å². The van der Waals surface area contributed by atoms with Crippen LogP contribution in [0.2, 0.25) is 0 Å². The van der Waals surface area contributed by atoms with Crippen LogP contribution in [0.4, 0.5) is 5.95 Å². The maximum atomic E-state index is 13.1. The number of imidazole rings is 1. The molecular formula is C22H29N5O2. The SMILES string of the molecule is Cc1cccc(Cn2c(N3C[C@@H](C)C[C@H](C)C3)nc3c2c(=O)n(C)c(=O)n3C)c1. The molecule has 1 saturated heterocycles. The number of anilines is 1. The Bertz CT molecular complexity index is 1180. The van der Waals surface area contributed by atoms with E-state index in [2.05, 4.69) is 43.9 Å². The molecule has 2 atom stereocenters. The molecule has 0 N–H and O–H groups in total. The second-order valence-electron chi connectivity index (χ2n) is 8.72. The van der Waals surface area contributed by atoms with Crippen LogP contribution < -0.4 is 16.1 Å². The topological polar surface area (TPSA) is 65.1 Å². The molecular weight excluding hydrogens is 366 g/mol. The number of aryl methyl sites for hydroxylation is 2. The molecule has 154 valence electrons. The van der Waals surface area contributed by atoms with E-state index in [-0.39, 0.29) is 11.2 Å². The minimum atomic E-state index is -0.352. The highest BCUT2D eigenvalue weighted by Gasteiger charge is 2.28. The second-order valence-corrected chi connectivity index (χ2v) is 8.72. The van der Waals surface area contributed by atoms with Crippen LogP contribution in [-0.2, 0) is 20.6 Å². The Morgan fingerprint density at radius 3 is 2.41 bits per heavy atom. The van der Waals surface area contributed by atoms with Gasteiger partial charge in [-0.3, -0.25) is 18.5 Å². The molecule has 0 radical (unpaired) electrons. The number of rotatable bonds is 3. The van der Waals surface area contributed by atoms with Crippen LogP contribution in [-0.4, -0.2) is 31.8 Å². The van der Waals surface area contributed by atoms with Crippen molar-refractivity contribution < 1.29 is 0 Å². The summed E-state index contributed by atoms with van der Waals surface area (Å²) in [5.41, 5.74) is 2.57. The Morgan fingerprint density at radius 2 is 1.76 bits per heavy atom. The number of benzene rings is 1. The summed E-state index contributed by atoms with van der Waals surface area (Å²) in [5, 5.41) is 0. The summed E-state index contributed by atoms with van der Waals surface area (Å²) in [6.07, 6.45) is 1.19. The van der Waals surface area contributed by atoms with Crippen LogP contribution in [0.1, 0.15) is 31.4 Å². The quantitative estimate of drug-likeness (QED) is 0.682. The van der Waals surface area contributed by atoms with Crippen molar-refractivity contribution in [1.29, 1.82) is 0 Å². The lowest BCUT2D eigenvalue weighted by atomic mass is 9.92. The monoisotopic (exact) mass is 395 g/mol. The molecule has 0 spiro atoms. The zero-order valence-electron chi connectivity index (χ0n) is 17.8. The van der Waals surface area contributed by atoms with Crippen LogP contribution >= 0.6 is 0 Å². The molecule has 29 heavy (non-hydrogen) atoms. The molecule has 4 rings (SSSR count). The molecule has 1 aliphatic rings. The average Bonchev–Trinajstić information content (AvgIpc) is 3.03. The molecule has 7 heteroatoms. The van der Waals surface area contributed by atoms with Crippen molar-refractivity contribution in [2.75, 3.05) is 18.0 Å². The van der Waals surface area contributed by atoms with E-state index < -0.39 is 0 Å². The number of aromatic nitrogens is 4. The number of hydrogen-bond acceptors (Lipinski definition) is 4. The van der Waals surface area contributed by atoms with Gasteiger partial charge in [-0.2, -0.15) is 4.98 Å². The van der Waals surface area contributed by atoms with Crippen molar-refractivity contribution in [3.63, 3.8) is 0 Å². The highest BCUT2D eigenvalue weighted by Crippen LogP contribution is 2.28. The van der Waals surface area contributed by atoms with Gasteiger partial charge in [-0.15, -0.1) is 0 Å². The van der Waals surface area contributed by atoms with Crippen molar-refractivity contribution in [2.45, 2.75) is 33.7 Å². The number of hydrogen-bond donors (Lipinski definition) is 0. The van der Waals surface area contributed by atoms with Gasteiger partial charge >= 0.3 is 5.69 Å². The van der Waals surface area contributed by atoms with Gasteiger partial charge in [0.05, 0.1) is 6.54 Å². The van der Waals surface area contributed by atoms with Crippen molar-refractivity contribution >= 4 is 17.1 Å². The molecule has 0 amide bonds. The fourth-order valence-electron chi connectivity index (χ4n) is 4.65. The summed E-state index contributed by atoms with van der Waals surface area (Å²) in [6.45, 7) is 8.91. The van der Waals surface area contributed by atoms with E-state index in [1.807, 2.05) is 10.6 Å². The zero-order valence-corrected chi connectivity index (χ0v) is 17.8. The highest BCUT2D eigenvalue weighted by atomic mass is 16.2. The van der Waals surface area contributed by atoms with Gasteiger partial charge in [-0.05, 0) is 30.7 Å². The van der Waals surface area contributed by atoms with Gasteiger partial charge < -0.3 is 4.90 Å². The van der Waals surface area contributed by atoms with E-state index in [4.69, 9.17) is 4.98 Å². The Kier molecular flexibility index (Phi) is 4.84. The van der Waals surface area contributed by atoms with Crippen molar-refractivity contribution in [1.82, 2.24) is 18.7 Å². The molecule has 1 aliphatic heterocycles. The maximum Gasteiger partial charge on any atom is 0.332 e.